The Morgan fingerprint density at radius 1 is 1.24 bits per heavy atom. The molecule has 0 aliphatic rings. The molecule has 0 aromatic heterocycles. The average molecular weight is 230 g/mol. The van der Waals surface area contributed by atoms with Crippen LogP contribution in [0.5, 0.6) is 0 Å². The van der Waals surface area contributed by atoms with Crippen LogP contribution in [0.2, 0.25) is 0 Å². The molecule has 0 radical (unpaired) electrons. The molecule has 1 nitrogen and oxygen atoms in total. The first-order valence-electron chi connectivity index (χ1n) is 6.42. The Morgan fingerprint density at radius 2 is 1.94 bits per heavy atom. The van der Waals surface area contributed by atoms with E-state index in [2.05, 4.69) is 18.8 Å². The average Bonchev–Trinajstić information content (AvgIpc) is 2.35. The zero-order valence-corrected chi connectivity index (χ0v) is 11.1. The maximum atomic E-state index is 10.6. The molecule has 0 amide bonds. The van der Waals surface area contributed by atoms with Gasteiger partial charge in [0.05, 0.1) is 0 Å². The van der Waals surface area contributed by atoms with Crippen LogP contribution in [-0.4, -0.2) is 5.11 Å². The summed E-state index contributed by atoms with van der Waals surface area (Å²) >= 11 is 0. The van der Waals surface area contributed by atoms with Crippen molar-refractivity contribution in [1.29, 1.82) is 0 Å². The van der Waals surface area contributed by atoms with Gasteiger partial charge in [0.25, 0.3) is 0 Å². The highest BCUT2D eigenvalue weighted by Gasteiger charge is 2.25. The second-order valence-corrected chi connectivity index (χ2v) is 4.43. The Hall–Kier alpha value is -1.26. The van der Waals surface area contributed by atoms with Crippen LogP contribution in [0.25, 0.3) is 0 Å². The highest BCUT2D eigenvalue weighted by Crippen LogP contribution is 2.26. The topological polar surface area (TPSA) is 20.2 Å². The third kappa shape index (κ3) is 3.61. The van der Waals surface area contributed by atoms with Gasteiger partial charge in [-0.2, -0.15) is 0 Å². The summed E-state index contributed by atoms with van der Waals surface area (Å²) in [5, 5.41) is 10.6. The van der Waals surface area contributed by atoms with Crippen molar-refractivity contribution in [3.63, 3.8) is 0 Å². The van der Waals surface area contributed by atoms with E-state index < -0.39 is 5.60 Å². The monoisotopic (exact) mass is 230 g/mol. The lowest BCUT2D eigenvalue weighted by molar-refractivity contribution is 0.0952. The molecule has 0 saturated carbocycles. The quantitative estimate of drug-likeness (QED) is 0.616. The molecule has 0 saturated heterocycles. The molecule has 0 fully saturated rings. The molecule has 1 aromatic rings. The van der Waals surface area contributed by atoms with Crippen LogP contribution in [0.3, 0.4) is 0 Å². The molecular weight excluding hydrogens is 208 g/mol. The predicted molar refractivity (Wildman–Crippen MR) is 72.7 cm³/mol. The fourth-order valence-corrected chi connectivity index (χ4v) is 1.86. The minimum Gasteiger partial charge on any atom is -0.373 e. The van der Waals surface area contributed by atoms with Crippen molar-refractivity contribution in [2.24, 2.45) is 0 Å². The third-order valence-corrected chi connectivity index (χ3v) is 3.05. The van der Waals surface area contributed by atoms with Crippen LogP contribution in [-0.2, 0) is 5.60 Å². The van der Waals surface area contributed by atoms with Crippen LogP contribution in [0.1, 0.15) is 50.7 Å². The van der Waals surface area contributed by atoms with Crippen molar-refractivity contribution in [2.75, 3.05) is 0 Å². The first kappa shape index (κ1) is 13.8. The van der Waals surface area contributed by atoms with Gasteiger partial charge in [-0.25, -0.2) is 0 Å². The number of rotatable bonds is 4. The van der Waals surface area contributed by atoms with E-state index in [-0.39, 0.29) is 0 Å². The van der Waals surface area contributed by atoms with Gasteiger partial charge in [-0.1, -0.05) is 56.4 Å². The Labute approximate surface area is 105 Å². The summed E-state index contributed by atoms with van der Waals surface area (Å²) in [5.41, 5.74) is 1.05. The van der Waals surface area contributed by atoms with Crippen molar-refractivity contribution in [1.82, 2.24) is 0 Å². The Bertz CT molecular complexity index is 411. The molecular formula is C16H22O. The van der Waals surface area contributed by atoms with Crippen LogP contribution in [0.4, 0.5) is 0 Å². The summed E-state index contributed by atoms with van der Waals surface area (Å²) in [7, 11) is 0. The number of unbranched alkanes of at least 4 members (excludes halogenated alkanes) is 2. The van der Waals surface area contributed by atoms with Crippen LogP contribution < -0.4 is 0 Å². The van der Waals surface area contributed by atoms with Gasteiger partial charge in [-0.05, 0) is 30.9 Å². The molecule has 1 unspecified atom stereocenters. The molecule has 1 atom stereocenters. The third-order valence-electron chi connectivity index (χ3n) is 3.05. The molecule has 1 N–H and O–H groups in total. The Balaban J connectivity index is 2.95. The van der Waals surface area contributed by atoms with Gasteiger partial charge in [-0.3, -0.25) is 0 Å². The fourth-order valence-electron chi connectivity index (χ4n) is 1.86. The number of hydrogen-bond acceptors (Lipinski definition) is 1. The molecule has 0 spiro atoms. The summed E-state index contributed by atoms with van der Waals surface area (Å²) < 4.78 is 0. The van der Waals surface area contributed by atoms with E-state index in [9.17, 15) is 5.11 Å². The molecule has 1 aromatic carbocycles. The molecule has 17 heavy (non-hydrogen) atoms. The lowest BCUT2D eigenvalue weighted by Gasteiger charge is -2.23. The second-order valence-electron chi connectivity index (χ2n) is 4.43. The van der Waals surface area contributed by atoms with Crippen LogP contribution in [0.15, 0.2) is 24.3 Å². The highest BCUT2D eigenvalue weighted by molar-refractivity contribution is 5.37. The molecule has 0 aliphatic carbocycles. The van der Waals surface area contributed by atoms with E-state index >= 15 is 0 Å². The largest absolute Gasteiger partial charge is 0.373 e. The minimum absolute atomic E-state index is 0.622. The van der Waals surface area contributed by atoms with Gasteiger partial charge in [0.2, 0.25) is 0 Å². The lowest BCUT2D eigenvalue weighted by atomic mass is 9.88. The second kappa shape index (κ2) is 6.47. The summed E-state index contributed by atoms with van der Waals surface area (Å²) in [5.74, 6) is 6.15. The zero-order valence-electron chi connectivity index (χ0n) is 11.1. The van der Waals surface area contributed by atoms with Crippen LogP contribution in [0, 0.1) is 18.8 Å². The van der Waals surface area contributed by atoms with E-state index in [1.807, 2.05) is 38.1 Å². The SMILES string of the molecule is CCCCC#CC(O)(CC)c1ccccc1C. The summed E-state index contributed by atoms with van der Waals surface area (Å²) in [6, 6.07) is 7.92. The van der Waals surface area contributed by atoms with Gasteiger partial charge in [-0.15, -0.1) is 0 Å². The number of benzene rings is 1. The van der Waals surface area contributed by atoms with Gasteiger partial charge < -0.3 is 5.11 Å². The van der Waals surface area contributed by atoms with E-state index in [1.165, 1.54) is 0 Å². The van der Waals surface area contributed by atoms with E-state index in [1.54, 1.807) is 0 Å². The molecule has 0 aliphatic heterocycles. The first-order valence-corrected chi connectivity index (χ1v) is 6.42. The van der Waals surface area contributed by atoms with Gasteiger partial charge in [0, 0.05) is 6.42 Å². The Morgan fingerprint density at radius 3 is 2.53 bits per heavy atom. The van der Waals surface area contributed by atoms with E-state index in [4.69, 9.17) is 0 Å². The van der Waals surface area contributed by atoms with Crippen molar-refractivity contribution >= 4 is 0 Å². The maximum absolute atomic E-state index is 10.6. The van der Waals surface area contributed by atoms with Gasteiger partial charge in [0.1, 0.15) is 0 Å². The molecule has 1 rings (SSSR count). The summed E-state index contributed by atoms with van der Waals surface area (Å²) in [6.07, 6.45) is 3.73. The smallest absolute Gasteiger partial charge is 0.150 e. The zero-order chi connectivity index (χ0) is 12.7. The van der Waals surface area contributed by atoms with Crippen molar-refractivity contribution in [3.05, 3.63) is 35.4 Å². The predicted octanol–water partition coefficient (Wildman–Crippen LogP) is 3.79. The van der Waals surface area contributed by atoms with Crippen molar-refractivity contribution < 1.29 is 5.11 Å². The van der Waals surface area contributed by atoms with E-state index in [0.717, 1.165) is 30.4 Å². The fraction of sp³-hybridized carbons (Fsp3) is 0.500. The number of aryl methyl sites for hydroxylation is 1. The molecule has 1 heteroatoms. The molecule has 0 heterocycles. The maximum Gasteiger partial charge on any atom is 0.150 e. The lowest BCUT2D eigenvalue weighted by Crippen LogP contribution is -2.23. The van der Waals surface area contributed by atoms with Crippen molar-refractivity contribution in [2.45, 2.75) is 52.1 Å². The number of aliphatic hydroxyl groups is 1. The Kier molecular flexibility index (Phi) is 5.25. The highest BCUT2D eigenvalue weighted by atomic mass is 16.3. The summed E-state index contributed by atoms with van der Waals surface area (Å²) in [6.45, 7) is 6.14. The summed E-state index contributed by atoms with van der Waals surface area (Å²) in [4.78, 5) is 0. The molecule has 92 valence electrons. The molecule has 0 bridgehead atoms. The van der Waals surface area contributed by atoms with Gasteiger partial charge in [0.15, 0.2) is 5.60 Å². The van der Waals surface area contributed by atoms with Crippen LogP contribution >= 0.6 is 0 Å². The van der Waals surface area contributed by atoms with E-state index in [0.29, 0.717) is 6.42 Å². The standard InChI is InChI=1S/C16H22O/c1-4-6-7-10-13-16(17,5-2)15-12-9-8-11-14(15)3/h8-9,11-12,17H,4-7H2,1-3H3. The van der Waals surface area contributed by atoms with Crippen molar-refractivity contribution in [3.8, 4) is 11.8 Å². The minimum atomic E-state index is -0.987. The first-order chi connectivity index (χ1) is 8.14. The number of hydrogen-bond donors (Lipinski definition) is 1. The normalized spacial score (nSPS) is 13.6. The van der Waals surface area contributed by atoms with Gasteiger partial charge >= 0.3 is 0 Å².